The average Bonchev–Trinajstić information content (AvgIpc) is 2.67. The van der Waals surface area contributed by atoms with Crippen molar-refractivity contribution in [3.63, 3.8) is 0 Å². The normalized spacial score (nSPS) is 11.8. The van der Waals surface area contributed by atoms with E-state index in [1.165, 1.54) is 12.3 Å². The Kier molecular flexibility index (Phi) is 5.08. The van der Waals surface area contributed by atoms with E-state index in [9.17, 15) is 4.79 Å². The van der Waals surface area contributed by atoms with Gasteiger partial charge in [0.15, 0.2) is 0 Å². The Hall–Kier alpha value is -3.47. The van der Waals surface area contributed by atoms with Crippen LogP contribution in [0.1, 0.15) is 5.56 Å². The van der Waals surface area contributed by atoms with Crippen LogP contribution in [0.4, 0.5) is 5.69 Å². The number of amides is 1. The van der Waals surface area contributed by atoms with Gasteiger partial charge < -0.3 is 11.1 Å². The number of carbonyl (C=O) groups is 1. The zero-order valence-electron chi connectivity index (χ0n) is 14.7. The molecule has 0 bridgehead atoms. The first-order chi connectivity index (χ1) is 12.6. The number of pyridine rings is 1. The summed E-state index contributed by atoms with van der Waals surface area (Å²) in [7, 11) is 1.56. The first kappa shape index (κ1) is 17.4. The first-order valence-electron chi connectivity index (χ1n) is 8.23. The molecule has 3 N–H and O–H groups in total. The maximum absolute atomic E-state index is 12.2. The lowest BCUT2D eigenvalue weighted by Gasteiger charge is -2.11. The topological polar surface area (TPSA) is 80.4 Å². The number of hydrogen-bond donors (Lipinski definition) is 2. The van der Waals surface area contributed by atoms with Gasteiger partial charge in [0.25, 0.3) is 5.91 Å². The van der Waals surface area contributed by atoms with E-state index in [1.54, 1.807) is 13.2 Å². The standard InChI is InChI=1S/C21H20N4O/c1-14-11-15(16-3-4-18-13-24-10-8-17(18)12-16)5-6-19(14)25-21(26)20(23-2)7-9-22/h3-13H,22H2,1-2H3,(H,25,26). The van der Waals surface area contributed by atoms with Gasteiger partial charge in [-0.1, -0.05) is 18.2 Å². The second-order valence-electron chi connectivity index (χ2n) is 5.89. The molecule has 26 heavy (non-hydrogen) atoms. The molecular weight excluding hydrogens is 324 g/mol. The van der Waals surface area contributed by atoms with Crippen LogP contribution >= 0.6 is 0 Å². The van der Waals surface area contributed by atoms with E-state index < -0.39 is 0 Å². The molecule has 0 aliphatic heterocycles. The molecule has 0 atom stereocenters. The van der Waals surface area contributed by atoms with Crippen molar-refractivity contribution in [1.29, 1.82) is 0 Å². The zero-order valence-corrected chi connectivity index (χ0v) is 14.7. The lowest BCUT2D eigenvalue weighted by molar-refractivity contribution is -0.110. The molecule has 130 valence electrons. The summed E-state index contributed by atoms with van der Waals surface area (Å²) in [5, 5.41) is 5.12. The van der Waals surface area contributed by atoms with Crippen molar-refractivity contribution in [3.05, 3.63) is 72.7 Å². The Morgan fingerprint density at radius 3 is 2.62 bits per heavy atom. The summed E-state index contributed by atoms with van der Waals surface area (Å²) < 4.78 is 0. The van der Waals surface area contributed by atoms with Gasteiger partial charge in [-0.2, -0.15) is 0 Å². The van der Waals surface area contributed by atoms with Gasteiger partial charge in [-0.05, 0) is 65.5 Å². The Morgan fingerprint density at radius 2 is 1.88 bits per heavy atom. The molecule has 5 nitrogen and oxygen atoms in total. The Labute approximate surface area is 152 Å². The molecule has 0 fully saturated rings. The third kappa shape index (κ3) is 3.62. The van der Waals surface area contributed by atoms with Gasteiger partial charge >= 0.3 is 0 Å². The summed E-state index contributed by atoms with van der Waals surface area (Å²) in [6.07, 6.45) is 6.42. The first-order valence-corrected chi connectivity index (χ1v) is 8.23. The van der Waals surface area contributed by atoms with E-state index in [2.05, 4.69) is 39.6 Å². The Bertz CT molecular complexity index is 1020. The fourth-order valence-electron chi connectivity index (χ4n) is 2.78. The molecule has 0 radical (unpaired) electrons. The van der Waals surface area contributed by atoms with Crippen molar-refractivity contribution in [2.75, 3.05) is 12.4 Å². The predicted molar refractivity (Wildman–Crippen MR) is 107 cm³/mol. The molecule has 5 heteroatoms. The highest BCUT2D eigenvalue weighted by Gasteiger charge is 2.10. The van der Waals surface area contributed by atoms with Gasteiger partial charge in [-0.15, -0.1) is 0 Å². The number of anilines is 1. The molecule has 0 saturated heterocycles. The van der Waals surface area contributed by atoms with Crippen molar-refractivity contribution in [2.24, 2.45) is 10.7 Å². The molecule has 0 unspecified atom stereocenters. The van der Waals surface area contributed by atoms with Gasteiger partial charge in [0.2, 0.25) is 0 Å². The minimum atomic E-state index is -0.289. The molecular formula is C21H20N4O. The van der Waals surface area contributed by atoms with Crippen LogP contribution in [0, 0.1) is 6.92 Å². The van der Waals surface area contributed by atoms with Gasteiger partial charge in [0, 0.05) is 30.5 Å². The summed E-state index contributed by atoms with van der Waals surface area (Å²) >= 11 is 0. The number of nitrogens with zero attached hydrogens (tertiary/aromatic N) is 2. The van der Waals surface area contributed by atoms with E-state index in [-0.39, 0.29) is 11.6 Å². The fraction of sp³-hybridized carbons (Fsp3) is 0.0952. The summed E-state index contributed by atoms with van der Waals surface area (Å²) in [4.78, 5) is 20.3. The monoisotopic (exact) mass is 344 g/mol. The maximum Gasteiger partial charge on any atom is 0.273 e. The molecule has 0 aliphatic rings. The number of nitrogens with two attached hydrogens (primary N) is 1. The minimum Gasteiger partial charge on any atom is -0.405 e. The summed E-state index contributed by atoms with van der Waals surface area (Å²) in [5.74, 6) is -0.289. The zero-order chi connectivity index (χ0) is 18.5. The maximum atomic E-state index is 12.2. The highest BCUT2D eigenvalue weighted by molar-refractivity contribution is 6.47. The van der Waals surface area contributed by atoms with Gasteiger partial charge in [-0.3, -0.25) is 14.8 Å². The molecule has 1 amide bonds. The summed E-state index contributed by atoms with van der Waals surface area (Å²) in [6, 6.07) is 14.2. The lowest BCUT2D eigenvalue weighted by Crippen LogP contribution is -2.22. The van der Waals surface area contributed by atoms with Gasteiger partial charge in [-0.25, -0.2) is 0 Å². The third-order valence-corrected chi connectivity index (χ3v) is 4.18. The molecule has 3 rings (SSSR count). The van der Waals surface area contributed by atoms with Crippen LogP contribution in [-0.4, -0.2) is 23.7 Å². The number of carbonyl (C=O) groups excluding carboxylic acids is 1. The van der Waals surface area contributed by atoms with Crippen LogP contribution in [0.15, 0.2) is 72.1 Å². The highest BCUT2D eigenvalue weighted by atomic mass is 16.1. The molecule has 0 saturated carbocycles. The number of fused-ring (bicyclic) bond motifs is 1. The molecule has 2 aromatic carbocycles. The predicted octanol–water partition coefficient (Wildman–Crippen LogP) is 3.69. The van der Waals surface area contributed by atoms with Gasteiger partial charge in [0.1, 0.15) is 5.71 Å². The van der Waals surface area contributed by atoms with Crippen molar-refractivity contribution in [2.45, 2.75) is 6.92 Å². The van der Waals surface area contributed by atoms with Crippen LogP contribution in [-0.2, 0) is 4.79 Å². The molecule has 0 aliphatic carbocycles. The number of benzene rings is 2. The summed E-state index contributed by atoms with van der Waals surface area (Å²) in [5.41, 5.74) is 9.54. The van der Waals surface area contributed by atoms with Crippen LogP contribution in [0.25, 0.3) is 21.9 Å². The van der Waals surface area contributed by atoms with E-state index in [0.717, 1.165) is 33.2 Å². The van der Waals surface area contributed by atoms with Crippen LogP contribution in [0.5, 0.6) is 0 Å². The number of aromatic nitrogens is 1. The van der Waals surface area contributed by atoms with Gasteiger partial charge in [0.05, 0.1) is 0 Å². The average molecular weight is 344 g/mol. The second kappa shape index (κ2) is 7.61. The van der Waals surface area contributed by atoms with Crippen LogP contribution in [0.2, 0.25) is 0 Å². The SMILES string of the molecule is CN=C(C=CN)C(=O)Nc1ccc(-c2ccc3cnccc3c2)cc1C. The number of hydrogen-bond acceptors (Lipinski definition) is 4. The number of nitrogens with one attached hydrogen (secondary N) is 1. The number of aryl methyl sites for hydroxylation is 1. The van der Waals surface area contributed by atoms with Crippen molar-refractivity contribution in [3.8, 4) is 11.1 Å². The molecule has 1 heterocycles. The third-order valence-electron chi connectivity index (χ3n) is 4.18. The molecule has 0 spiro atoms. The Morgan fingerprint density at radius 1 is 1.12 bits per heavy atom. The Balaban J connectivity index is 1.88. The largest absolute Gasteiger partial charge is 0.405 e. The number of rotatable bonds is 4. The van der Waals surface area contributed by atoms with Crippen molar-refractivity contribution >= 4 is 28.1 Å². The lowest BCUT2D eigenvalue weighted by atomic mass is 10.00. The smallest absolute Gasteiger partial charge is 0.273 e. The van der Waals surface area contributed by atoms with E-state index in [0.29, 0.717) is 0 Å². The van der Waals surface area contributed by atoms with Crippen molar-refractivity contribution < 1.29 is 4.79 Å². The van der Waals surface area contributed by atoms with E-state index in [1.807, 2.05) is 31.3 Å². The van der Waals surface area contributed by atoms with E-state index >= 15 is 0 Å². The summed E-state index contributed by atoms with van der Waals surface area (Å²) in [6.45, 7) is 1.96. The molecule has 3 aromatic rings. The molecule has 1 aromatic heterocycles. The van der Waals surface area contributed by atoms with Crippen LogP contribution < -0.4 is 11.1 Å². The minimum absolute atomic E-state index is 0.277. The number of aliphatic imine (C=N–C) groups is 1. The van der Waals surface area contributed by atoms with E-state index in [4.69, 9.17) is 5.73 Å². The van der Waals surface area contributed by atoms with Crippen molar-refractivity contribution in [1.82, 2.24) is 4.98 Å². The fourth-order valence-corrected chi connectivity index (χ4v) is 2.78. The second-order valence-corrected chi connectivity index (χ2v) is 5.89. The quantitative estimate of drug-likeness (QED) is 0.708. The van der Waals surface area contributed by atoms with Crippen LogP contribution in [0.3, 0.4) is 0 Å². The highest BCUT2D eigenvalue weighted by Crippen LogP contribution is 2.27.